The standard InChI is InChI=1S/C16H17F2NO/c1-11-2-4-12(5-3-11)9-19-10-16(20)14-8-13(17)6-7-15(14)18/h2-8,16,19-20H,9-10H2,1H3. The zero-order chi connectivity index (χ0) is 14.5. The van der Waals surface area contributed by atoms with Crippen molar-refractivity contribution in [2.24, 2.45) is 0 Å². The third-order valence-corrected chi connectivity index (χ3v) is 3.10. The van der Waals surface area contributed by atoms with E-state index >= 15 is 0 Å². The van der Waals surface area contributed by atoms with Gasteiger partial charge in [-0.2, -0.15) is 0 Å². The van der Waals surface area contributed by atoms with E-state index in [1.54, 1.807) is 0 Å². The van der Waals surface area contributed by atoms with Crippen molar-refractivity contribution in [3.05, 3.63) is 70.8 Å². The first-order valence-electron chi connectivity index (χ1n) is 6.45. The van der Waals surface area contributed by atoms with Gasteiger partial charge in [-0.25, -0.2) is 8.78 Å². The quantitative estimate of drug-likeness (QED) is 0.880. The number of aryl methyl sites for hydroxylation is 1. The van der Waals surface area contributed by atoms with E-state index in [4.69, 9.17) is 0 Å². The number of nitrogens with one attached hydrogen (secondary N) is 1. The summed E-state index contributed by atoms with van der Waals surface area (Å²) in [6.07, 6.45) is -1.07. The Balaban J connectivity index is 1.90. The van der Waals surface area contributed by atoms with Crippen LogP contribution in [-0.2, 0) is 6.54 Å². The van der Waals surface area contributed by atoms with Crippen molar-refractivity contribution >= 4 is 0 Å². The number of aliphatic hydroxyl groups excluding tert-OH is 1. The molecule has 4 heteroatoms. The average molecular weight is 277 g/mol. The fourth-order valence-electron chi connectivity index (χ4n) is 1.94. The molecule has 2 aromatic carbocycles. The highest BCUT2D eigenvalue weighted by Gasteiger charge is 2.13. The van der Waals surface area contributed by atoms with Crippen LogP contribution in [0.15, 0.2) is 42.5 Å². The Labute approximate surface area is 117 Å². The van der Waals surface area contributed by atoms with Crippen LogP contribution in [0.4, 0.5) is 8.78 Å². The van der Waals surface area contributed by atoms with Gasteiger partial charge in [-0.3, -0.25) is 0 Å². The van der Waals surface area contributed by atoms with Crippen molar-refractivity contribution < 1.29 is 13.9 Å². The molecular weight excluding hydrogens is 260 g/mol. The second-order valence-electron chi connectivity index (χ2n) is 4.80. The van der Waals surface area contributed by atoms with Crippen LogP contribution in [0.3, 0.4) is 0 Å². The first-order chi connectivity index (χ1) is 9.56. The topological polar surface area (TPSA) is 32.3 Å². The minimum absolute atomic E-state index is 0.0265. The smallest absolute Gasteiger partial charge is 0.129 e. The molecule has 0 amide bonds. The molecule has 106 valence electrons. The molecule has 0 heterocycles. The minimum atomic E-state index is -1.07. The fourth-order valence-corrected chi connectivity index (χ4v) is 1.94. The molecule has 1 unspecified atom stereocenters. The van der Waals surface area contributed by atoms with Gasteiger partial charge in [0, 0.05) is 18.7 Å². The lowest BCUT2D eigenvalue weighted by Gasteiger charge is -2.13. The molecule has 0 aliphatic carbocycles. The molecule has 0 saturated carbocycles. The van der Waals surface area contributed by atoms with E-state index in [0.29, 0.717) is 6.54 Å². The monoisotopic (exact) mass is 277 g/mol. The van der Waals surface area contributed by atoms with E-state index in [1.807, 2.05) is 31.2 Å². The fraction of sp³-hybridized carbons (Fsp3) is 0.250. The largest absolute Gasteiger partial charge is 0.387 e. The third-order valence-electron chi connectivity index (χ3n) is 3.10. The van der Waals surface area contributed by atoms with Crippen LogP contribution in [-0.4, -0.2) is 11.7 Å². The second kappa shape index (κ2) is 6.59. The van der Waals surface area contributed by atoms with Gasteiger partial charge in [0.1, 0.15) is 11.6 Å². The zero-order valence-corrected chi connectivity index (χ0v) is 11.2. The summed E-state index contributed by atoms with van der Waals surface area (Å²) in [5.41, 5.74) is 2.22. The number of benzene rings is 2. The molecule has 0 aromatic heterocycles. The molecule has 0 spiro atoms. The highest BCUT2D eigenvalue weighted by Crippen LogP contribution is 2.17. The van der Waals surface area contributed by atoms with Crippen molar-refractivity contribution in [1.82, 2.24) is 5.32 Å². The summed E-state index contributed by atoms with van der Waals surface area (Å²) in [6, 6.07) is 11.0. The molecule has 2 nitrogen and oxygen atoms in total. The Morgan fingerprint density at radius 2 is 1.80 bits per heavy atom. The molecule has 0 aliphatic heterocycles. The number of hydrogen-bond acceptors (Lipinski definition) is 2. The van der Waals surface area contributed by atoms with Gasteiger partial charge in [0.25, 0.3) is 0 Å². The van der Waals surface area contributed by atoms with Gasteiger partial charge >= 0.3 is 0 Å². The Morgan fingerprint density at radius 3 is 2.50 bits per heavy atom. The second-order valence-corrected chi connectivity index (χ2v) is 4.80. The number of halogens is 2. The first-order valence-corrected chi connectivity index (χ1v) is 6.45. The summed E-state index contributed by atoms with van der Waals surface area (Å²) in [6.45, 7) is 2.73. The average Bonchev–Trinajstić information content (AvgIpc) is 2.43. The summed E-state index contributed by atoms with van der Waals surface area (Å²) >= 11 is 0. The Kier molecular flexibility index (Phi) is 4.82. The first kappa shape index (κ1) is 14.6. The van der Waals surface area contributed by atoms with Gasteiger partial charge in [-0.15, -0.1) is 0 Å². The Hall–Kier alpha value is -1.78. The molecule has 0 saturated heterocycles. The Morgan fingerprint density at radius 1 is 1.10 bits per heavy atom. The summed E-state index contributed by atoms with van der Waals surface area (Å²) in [4.78, 5) is 0. The third kappa shape index (κ3) is 3.85. The summed E-state index contributed by atoms with van der Waals surface area (Å²) in [7, 11) is 0. The molecule has 2 rings (SSSR count). The van der Waals surface area contributed by atoms with Crippen molar-refractivity contribution in [2.45, 2.75) is 19.6 Å². The molecule has 2 aromatic rings. The van der Waals surface area contributed by atoms with E-state index in [1.165, 1.54) is 5.56 Å². The van der Waals surface area contributed by atoms with E-state index in [2.05, 4.69) is 5.32 Å². The molecule has 20 heavy (non-hydrogen) atoms. The summed E-state index contributed by atoms with van der Waals surface area (Å²) in [5, 5.41) is 12.9. The van der Waals surface area contributed by atoms with E-state index in [0.717, 1.165) is 23.8 Å². The van der Waals surface area contributed by atoms with Crippen LogP contribution < -0.4 is 5.32 Å². The lowest BCUT2D eigenvalue weighted by atomic mass is 10.1. The summed E-state index contributed by atoms with van der Waals surface area (Å²) < 4.78 is 26.5. The van der Waals surface area contributed by atoms with Gasteiger partial charge in [0.2, 0.25) is 0 Å². The molecule has 2 N–H and O–H groups in total. The molecule has 0 bridgehead atoms. The van der Waals surface area contributed by atoms with Crippen LogP contribution >= 0.6 is 0 Å². The van der Waals surface area contributed by atoms with E-state index in [-0.39, 0.29) is 12.1 Å². The van der Waals surface area contributed by atoms with Crippen molar-refractivity contribution in [3.8, 4) is 0 Å². The molecule has 0 aliphatic rings. The van der Waals surface area contributed by atoms with Crippen LogP contribution in [0.5, 0.6) is 0 Å². The van der Waals surface area contributed by atoms with Crippen LogP contribution in [0.25, 0.3) is 0 Å². The van der Waals surface area contributed by atoms with Crippen LogP contribution in [0.2, 0.25) is 0 Å². The lowest BCUT2D eigenvalue weighted by Crippen LogP contribution is -2.21. The molecule has 0 radical (unpaired) electrons. The maximum atomic E-state index is 13.5. The number of aliphatic hydroxyl groups is 1. The van der Waals surface area contributed by atoms with Gasteiger partial charge in [-0.1, -0.05) is 29.8 Å². The molecular formula is C16H17F2NO. The van der Waals surface area contributed by atoms with E-state index < -0.39 is 17.7 Å². The van der Waals surface area contributed by atoms with Gasteiger partial charge in [0.05, 0.1) is 6.10 Å². The SMILES string of the molecule is Cc1ccc(CNCC(O)c2cc(F)ccc2F)cc1. The highest BCUT2D eigenvalue weighted by molar-refractivity contribution is 5.22. The van der Waals surface area contributed by atoms with Gasteiger partial charge < -0.3 is 10.4 Å². The van der Waals surface area contributed by atoms with E-state index in [9.17, 15) is 13.9 Å². The van der Waals surface area contributed by atoms with Gasteiger partial charge in [0.15, 0.2) is 0 Å². The number of rotatable bonds is 5. The van der Waals surface area contributed by atoms with Crippen molar-refractivity contribution in [1.29, 1.82) is 0 Å². The maximum Gasteiger partial charge on any atom is 0.129 e. The molecule has 1 atom stereocenters. The normalized spacial score (nSPS) is 12.4. The molecule has 0 fully saturated rings. The lowest BCUT2D eigenvalue weighted by molar-refractivity contribution is 0.169. The predicted molar refractivity (Wildman–Crippen MR) is 74.2 cm³/mol. The van der Waals surface area contributed by atoms with Crippen LogP contribution in [0.1, 0.15) is 22.8 Å². The zero-order valence-electron chi connectivity index (χ0n) is 11.2. The predicted octanol–water partition coefficient (Wildman–Crippen LogP) is 3.10. The Bertz CT molecular complexity index is 569. The maximum absolute atomic E-state index is 13.5. The van der Waals surface area contributed by atoms with Crippen LogP contribution in [0, 0.1) is 18.6 Å². The number of hydrogen-bond donors (Lipinski definition) is 2. The minimum Gasteiger partial charge on any atom is -0.387 e. The summed E-state index contributed by atoms with van der Waals surface area (Å²) in [5.74, 6) is -1.16. The van der Waals surface area contributed by atoms with Crippen molar-refractivity contribution in [2.75, 3.05) is 6.54 Å². The van der Waals surface area contributed by atoms with Gasteiger partial charge in [-0.05, 0) is 30.7 Å². The highest BCUT2D eigenvalue weighted by atomic mass is 19.1. The van der Waals surface area contributed by atoms with Crippen molar-refractivity contribution in [3.63, 3.8) is 0 Å².